The molecule has 0 amide bonds. The van der Waals surface area contributed by atoms with Gasteiger partial charge in [-0.25, -0.2) is 0 Å². The van der Waals surface area contributed by atoms with Crippen molar-refractivity contribution in [3.8, 4) is 22.9 Å². The summed E-state index contributed by atoms with van der Waals surface area (Å²) in [4.78, 5) is 19.7. The lowest BCUT2D eigenvalue weighted by Crippen LogP contribution is -2.35. The molecule has 1 aliphatic rings. The van der Waals surface area contributed by atoms with Gasteiger partial charge in [0.1, 0.15) is 0 Å². The third-order valence-electron chi connectivity index (χ3n) is 6.03. The number of aromatic nitrogens is 3. The summed E-state index contributed by atoms with van der Waals surface area (Å²) in [6.45, 7) is 0. The van der Waals surface area contributed by atoms with E-state index in [2.05, 4.69) is 10.1 Å². The average molecular weight is 403 g/mol. The van der Waals surface area contributed by atoms with Crippen LogP contribution in [0.3, 0.4) is 0 Å². The van der Waals surface area contributed by atoms with Crippen molar-refractivity contribution in [3.63, 3.8) is 0 Å². The fourth-order valence-electron chi connectivity index (χ4n) is 4.21. The molecule has 1 saturated carbocycles. The molecule has 0 unspecified atom stereocenters. The summed E-state index contributed by atoms with van der Waals surface area (Å²) in [6.07, 6.45) is 4.55. The predicted octanol–water partition coefficient (Wildman–Crippen LogP) is 4.07. The molecule has 7 nitrogen and oxygen atoms in total. The van der Waals surface area contributed by atoms with Crippen molar-refractivity contribution in [1.29, 1.82) is 0 Å². The number of H-pyrrole nitrogens is 1. The zero-order chi connectivity index (χ0) is 20.7. The highest BCUT2D eigenvalue weighted by atomic mass is 16.5. The minimum absolute atomic E-state index is 0.140. The molecule has 0 spiro atoms. The fraction of sp³-hybridized carbons (Fsp3) is 0.261. The standard InChI is InChI=1S/C23H21N3O4/c1-28-18-9-8-14(12-19(18)29-2)23(10-5-11-23)22-25-20(26-30-22)17-13-24-21(27)16-7-4-3-6-15(16)17/h3-4,6-9,12-13H,5,10-11H2,1-2H3,(H,24,27). The molecule has 1 N–H and O–H groups in total. The number of pyridine rings is 1. The van der Waals surface area contributed by atoms with Gasteiger partial charge < -0.3 is 19.0 Å². The minimum atomic E-state index is -0.344. The van der Waals surface area contributed by atoms with Gasteiger partial charge in [-0.1, -0.05) is 35.8 Å². The van der Waals surface area contributed by atoms with Crippen LogP contribution in [0.25, 0.3) is 22.2 Å². The number of rotatable bonds is 5. The van der Waals surface area contributed by atoms with Crippen molar-refractivity contribution < 1.29 is 14.0 Å². The smallest absolute Gasteiger partial charge is 0.255 e. The Bertz CT molecular complexity index is 1290. The molecule has 1 fully saturated rings. The van der Waals surface area contributed by atoms with E-state index in [1.165, 1.54) is 0 Å². The topological polar surface area (TPSA) is 90.2 Å². The molecular weight excluding hydrogens is 382 g/mol. The van der Waals surface area contributed by atoms with Crippen molar-refractivity contribution in [2.45, 2.75) is 24.7 Å². The summed E-state index contributed by atoms with van der Waals surface area (Å²) in [5.41, 5.74) is 1.32. The molecule has 0 saturated heterocycles. The number of nitrogens with one attached hydrogen (secondary N) is 1. The normalized spacial score (nSPS) is 15.0. The Balaban J connectivity index is 1.60. The molecule has 30 heavy (non-hydrogen) atoms. The molecule has 0 radical (unpaired) electrons. The summed E-state index contributed by atoms with van der Waals surface area (Å²) >= 11 is 0. The zero-order valence-electron chi connectivity index (χ0n) is 16.8. The molecule has 4 aromatic rings. The number of fused-ring (bicyclic) bond motifs is 1. The van der Waals surface area contributed by atoms with E-state index in [1.54, 1.807) is 26.5 Å². The second kappa shape index (κ2) is 7.02. The first-order chi connectivity index (χ1) is 14.7. The van der Waals surface area contributed by atoms with Crippen molar-refractivity contribution in [1.82, 2.24) is 15.1 Å². The monoisotopic (exact) mass is 403 g/mol. The first kappa shape index (κ1) is 18.4. The molecule has 0 aliphatic heterocycles. The fourth-order valence-corrected chi connectivity index (χ4v) is 4.21. The maximum Gasteiger partial charge on any atom is 0.255 e. The van der Waals surface area contributed by atoms with Crippen LogP contribution in [0.4, 0.5) is 0 Å². The van der Waals surface area contributed by atoms with Gasteiger partial charge in [-0.15, -0.1) is 0 Å². The largest absolute Gasteiger partial charge is 0.493 e. The Morgan fingerprint density at radius 1 is 1.03 bits per heavy atom. The van der Waals surface area contributed by atoms with E-state index in [1.807, 2.05) is 36.4 Å². The quantitative estimate of drug-likeness (QED) is 0.540. The first-order valence-corrected chi connectivity index (χ1v) is 9.84. The molecule has 0 atom stereocenters. The summed E-state index contributed by atoms with van der Waals surface area (Å²) in [5.74, 6) is 2.39. The molecule has 5 rings (SSSR count). The van der Waals surface area contributed by atoms with E-state index in [0.717, 1.165) is 35.8 Å². The minimum Gasteiger partial charge on any atom is -0.493 e. The number of benzene rings is 2. The Morgan fingerprint density at radius 3 is 2.50 bits per heavy atom. The third-order valence-corrected chi connectivity index (χ3v) is 6.03. The van der Waals surface area contributed by atoms with Gasteiger partial charge in [0.2, 0.25) is 11.7 Å². The third kappa shape index (κ3) is 2.69. The van der Waals surface area contributed by atoms with Crippen LogP contribution in [0.15, 0.2) is 58.0 Å². The predicted molar refractivity (Wildman–Crippen MR) is 112 cm³/mol. The highest BCUT2D eigenvalue weighted by Gasteiger charge is 2.46. The Morgan fingerprint density at radius 2 is 1.80 bits per heavy atom. The molecule has 0 bridgehead atoms. The van der Waals surface area contributed by atoms with Crippen LogP contribution in [-0.4, -0.2) is 29.3 Å². The van der Waals surface area contributed by atoms with Gasteiger partial charge in [0, 0.05) is 17.1 Å². The molecule has 152 valence electrons. The van der Waals surface area contributed by atoms with Crippen LogP contribution in [-0.2, 0) is 5.41 Å². The molecule has 2 heterocycles. The zero-order valence-corrected chi connectivity index (χ0v) is 16.8. The van der Waals surface area contributed by atoms with Crippen molar-refractivity contribution in [2.75, 3.05) is 14.2 Å². The van der Waals surface area contributed by atoms with Crippen LogP contribution in [0.5, 0.6) is 11.5 Å². The SMILES string of the molecule is COc1ccc(C2(c3nc(-c4c[nH]c(=O)c5ccccc45)no3)CCC2)cc1OC. The highest BCUT2D eigenvalue weighted by molar-refractivity contribution is 5.93. The van der Waals surface area contributed by atoms with Gasteiger partial charge in [-0.05, 0) is 42.0 Å². The van der Waals surface area contributed by atoms with E-state index in [4.69, 9.17) is 19.0 Å². The average Bonchev–Trinajstić information content (AvgIpc) is 3.23. The summed E-state index contributed by atoms with van der Waals surface area (Å²) in [7, 11) is 3.25. The Hall–Kier alpha value is -3.61. The number of aromatic amines is 1. The van der Waals surface area contributed by atoms with E-state index >= 15 is 0 Å². The van der Waals surface area contributed by atoms with E-state index in [0.29, 0.717) is 28.6 Å². The maximum atomic E-state index is 12.1. The van der Waals surface area contributed by atoms with Gasteiger partial charge >= 0.3 is 0 Å². The molecular formula is C23H21N3O4. The van der Waals surface area contributed by atoms with Gasteiger partial charge in [-0.3, -0.25) is 4.79 Å². The van der Waals surface area contributed by atoms with Crippen molar-refractivity contribution in [3.05, 3.63) is 70.5 Å². The summed E-state index contributed by atoms with van der Waals surface area (Å²) < 4.78 is 16.6. The highest BCUT2D eigenvalue weighted by Crippen LogP contribution is 2.50. The molecule has 2 aromatic carbocycles. The first-order valence-electron chi connectivity index (χ1n) is 9.84. The number of hydrogen-bond acceptors (Lipinski definition) is 6. The molecule has 7 heteroatoms. The van der Waals surface area contributed by atoms with Crippen molar-refractivity contribution in [2.24, 2.45) is 0 Å². The number of methoxy groups -OCH3 is 2. The summed E-state index contributed by atoms with van der Waals surface area (Å²) in [5, 5.41) is 5.64. The van der Waals surface area contributed by atoms with Crippen molar-refractivity contribution >= 4 is 10.8 Å². The lowest BCUT2D eigenvalue weighted by molar-refractivity contribution is 0.215. The van der Waals surface area contributed by atoms with Crippen LogP contribution >= 0.6 is 0 Å². The van der Waals surface area contributed by atoms with Gasteiger partial charge in [0.15, 0.2) is 11.5 Å². The number of ether oxygens (including phenoxy) is 2. The van der Waals surface area contributed by atoms with E-state index in [9.17, 15) is 4.79 Å². The van der Waals surface area contributed by atoms with Gasteiger partial charge in [0.25, 0.3) is 5.56 Å². The number of nitrogens with zero attached hydrogens (tertiary/aromatic N) is 2. The van der Waals surface area contributed by atoms with E-state index < -0.39 is 0 Å². The van der Waals surface area contributed by atoms with E-state index in [-0.39, 0.29) is 11.0 Å². The maximum absolute atomic E-state index is 12.1. The second-order valence-electron chi connectivity index (χ2n) is 7.51. The van der Waals surface area contributed by atoms with Gasteiger partial charge in [0.05, 0.1) is 19.6 Å². The lowest BCUT2D eigenvalue weighted by atomic mass is 9.64. The Labute approximate surface area is 172 Å². The second-order valence-corrected chi connectivity index (χ2v) is 7.51. The van der Waals surface area contributed by atoms with Crippen LogP contribution in [0.2, 0.25) is 0 Å². The van der Waals surface area contributed by atoms with Gasteiger partial charge in [-0.2, -0.15) is 4.98 Å². The molecule has 1 aliphatic carbocycles. The van der Waals surface area contributed by atoms with Crippen LogP contribution < -0.4 is 15.0 Å². The summed E-state index contributed by atoms with van der Waals surface area (Å²) in [6, 6.07) is 13.3. The number of hydrogen-bond donors (Lipinski definition) is 1. The van der Waals surface area contributed by atoms with Crippen LogP contribution in [0.1, 0.15) is 30.7 Å². The molecule has 2 aromatic heterocycles. The Kier molecular flexibility index (Phi) is 4.31. The van der Waals surface area contributed by atoms with Crippen LogP contribution in [0, 0.1) is 0 Å². The lowest BCUT2D eigenvalue weighted by Gasteiger charge is -2.39.